The van der Waals surface area contributed by atoms with Crippen LogP contribution < -0.4 is 5.32 Å². The summed E-state index contributed by atoms with van der Waals surface area (Å²) in [6.45, 7) is 4.34. The third kappa shape index (κ3) is 4.35. The topological polar surface area (TPSA) is 86.8 Å². The maximum atomic E-state index is 13.1. The van der Waals surface area contributed by atoms with Crippen LogP contribution in [0, 0.1) is 5.92 Å². The Kier molecular flexibility index (Phi) is 6.54. The molecule has 0 aliphatic carbocycles. The Morgan fingerprint density at radius 2 is 1.93 bits per heavy atom. The van der Waals surface area contributed by atoms with Crippen molar-refractivity contribution in [3.8, 4) is 0 Å². The smallest absolute Gasteiger partial charge is 0.265 e. The minimum absolute atomic E-state index is 0.0395. The second-order valence-corrected chi connectivity index (χ2v) is 9.89. The van der Waals surface area contributed by atoms with Gasteiger partial charge in [-0.2, -0.15) is 4.31 Å². The fourth-order valence-electron chi connectivity index (χ4n) is 3.74. The average molecular weight is 414 g/mol. The van der Waals surface area contributed by atoms with Gasteiger partial charge in [-0.1, -0.05) is 6.42 Å². The predicted molar refractivity (Wildman–Crippen MR) is 104 cm³/mol. The van der Waals surface area contributed by atoms with Gasteiger partial charge >= 0.3 is 0 Å². The van der Waals surface area contributed by atoms with Gasteiger partial charge in [0.05, 0.1) is 5.92 Å². The number of carbonyl (C=O) groups is 2. The highest BCUT2D eigenvalue weighted by Gasteiger charge is 2.34. The summed E-state index contributed by atoms with van der Waals surface area (Å²) in [5.74, 6) is -0.554. The molecule has 2 saturated heterocycles. The summed E-state index contributed by atoms with van der Waals surface area (Å²) >= 11 is 1.16. The summed E-state index contributed by atoms with van der Waals surface area (Å²) in [4.78, 5) is 27.2. The van der Waals surface area contributed by atoms with Gasteiger partial charge in [-0.3, -0.25) is 9.59 Å². The number of likely N-dealkylation sites (tertiary alicyclic amines) is 1. The predicted octanol–water partition coefficient (Wildman–Crippen LogP) is 1.91. The SMILES string of the molecule is CCNC(=O)C1CCCN(C(=O)c2sccc2S(=O)(=O)N2CCCCC2)C1. The van der Waals surface area contributed by atoms with Crippen LogP contribution >= 0.6 is 11.3 Å². The van der Waals surface area contributed by atoms with Crippen LogP contribution in [0.5, 0.6) is 0 Å². The number of sulfonamides is 1. The Hall–Kier alpha value is -1.45. The lowest BCUT2D eigenvalue weighted by molar-refractivity contribution is -0.126. The van der Waals surface area contributed by atoms with Crippen LogP contribution in [-0.2, 0) is 14.8 Å². The van der Waals surface area contributed by atoms with Crippen molar-refractivity contribution in [2.24, 2.45) is 5.92 Å². The number of thiophene rings is 1. The first-order valence-electron chi connectivity index (χ1n) is 9.59. The van der Waals surface area contributed by atoms with Gasteiger partial charge < -0.3 is 10.2 Å². The van der Waals surface area contributed by atoms with E-state index in [2.05, 4.69) is 5.32 Å². The van der Waals surface area contributed by atoms with Crippen molar-refractivity contribution in [2.75, 3.05) is 32.7 Å². The lowest BCUT2D eigenvalue weighted by Gasteiger charge is -2.32. The minimum atomic E-state index is -3.65. The lowest BCUT2D eigenvalue weighted by atomic mass is 9.97. The van der Waals surface area contributed by atoms with Crippen molar-refractivity contribution in [3.63, 3.8) is 0 Å². The zero-order chi connectivity index (χ0) is 19.4. The van der Waals surface area contributed by atoms with Crippen LogP contribution in [0.2, 0.25) is 0 Å². The third-order valence-electron chi connectivity index (χ3n) is 5.19. The Morgan fingerprint density at radius 3 is 2.63 bits per heavy atom. The van der Waals surface area contributed by atoms with Gasteiger partial charge in [0.25, 0.3) is 5.91 Å². The number of rotatable bonds is 5. The monoisotopic (exact) mass is 413 g/mol. The first kappa shape index (κ1) is 20.3. The van der Waals surface area contributed by atoms with Crippen molar-refractivity contribution in [2.45, 2.75) is 43.9 Å². The van der Waals surface area contributed by atoms with Crippen molar-refractivity contribution in [1.82, 2.24) is 14.5 Å². The molecule has 2 amide bonds. The van der Waals surface area contributed by atoms with Crippen molar-refractivity contribution in [3.05, 3.63) is 16.3 Å². The molecule has 150 valence electrons. The number of nitrogens with one attached hydrogen (secondary N) is 1. The second-order valence-electron chi connectivity index (χ2n) is 7.06. The Balaban J connectivity index is 1.78. The molecule has 0 spiro atoms. The van der Waals surface area contributed by atoms with Crippen molar-refractivity contribution < 1.29 is 18.0 Å². The zero-order valence-corrected chi connectivity index (χ0v) is 17.3. The summed E-state index contributed by atoms with van der Waals surface area (Å²) in [6.07, 6.45) is 4.24. The molecule has 7 nitrogen and oxygen atoms in total. The Morgan fingerprint density at radius 1 is 1.19 bits per heavy atom. The van der Waals surface area contributed by atoms with E-state index in [1.54, 1.807) is 10.3 Å². The minimum Gasteiger partial charge on any atom is -0.356 e. The molecule has 0 bridgehead atoms. The molecule has 0 saturated carbocycles. The van der Waals surface area contributed by atoms with E-state index < -0.39 is 10.0 Å². The molecule has 1 atom stereocenters. The number of piperidine rings is 2. The Labute approximate surface area is 164 Å². The largest absolute Gasteiger partial charge is 0.356 e. The molecule has 1 N–H and O–H groups in total. The summed E-state index contributed by atoms with van der Waals surface area (Å²) in [7, 11) is -3.65. The first-order chi connectivity index (χ1) is 12.9. The van der Waals surface area contributed by atoms with Gasteiger partial charge in [-0.05, 0) is 44.1 Å². The fourth-order valence-corrected chi connectivity index (χ4v) is 6.62. The average Bonchev–Trinajstić information content (AvgIpc) is 3.19. The van der Waals surface area contributed by atoms with E-state index >= 15 is 0 Å². The Bertz CT molecular complexity index is 784. The van der Waals surface area contributed by atoms with Gasteiger partial charge in [0.2, 0.25) is 15.9 Å². The number of hydrogen-bond donors (Lipinski definition) is 1. The standard InChI is InChI=1S/C18H27N3O4S2/c1-2-19-17(22)14-7-6-9-20(13-14)18(23)16-15(8-12-26-16)27(24,25)21-10-4-3-5-11-21/h8,12,14H,2-7,9-11,13H2,1H3,(H,19,22). The number of amides is 2. The summed E-state index contributed by atoms with van der Waals surface area (Å²) in [5, 5.41) is 4.47. The fraction of sp³-hybridized carbons (Fsp3) is 0.667. The molecular weight excluding hydrogens is 386 g/mol. The molecule has 0 radical (unpaired) electrons. The molecule has 3 rings (SSSR count). The molecular formula is C18H27N3O4S2. The zero-order valence-electron chi connectivity index (χ0n) is 15.6. The highest BCUT2D eigenvalue weighted by atomic mass is 32.2. The summed E-state index contributed by atoms with van der Waals surface area (Å²) in [6, 6.07) is 1.53. The van der Waals surface area contributed by atoms with Crippen molar-refractivity contribution >= 4 is 33.2 Å². The van der Waals surface area contributed by atoms with Gasteiger partial charge in [0.15, 0.2) is 0 Å². The van der Waals surface area contributed by atoms with Crippen LogP contribution in [0.3, 0.4) is 0 Å². The highest BCUT2D eigenvalue weighted by molar-refractivity contribution is 7.89. The molecule has 27 heavy (non-hydrogen) atoms. The normalized spacial score (nSPS) is 21.8. The van der Waals surface area contributed by atoms with Gasteiger partial charge in [-0.15, -0.1) is 11.3 Å². The lowest BCUT2D eigenvalue weighted by Crippen LogP contribution is -2.45. The van der Waals surface area contributed by atoms with E-state index in [-0.39, 0.29) is 27.5 Å². The summed E-state index contributed by atoms with van der Waals surface area (Å²) < 4.78 is 27.5. The van der Waals surface area contributed by atoms with E-state index in [4.69, 9.17) is 0 Å². The van der Waals surface area contributed by atoms with Crippen LogP contribution in [0.15, 0.2) is 16.3 Å². The number of nitrogens with zero attached hydrogens (tertiary/aromatic N) is 2. The molecule has 1 unspecified atom stereocenters. The van der Waals surface area contributed by atoms with Crippen LogP contribution in [0.25, 0.3) is 0 Å². The third-order valence-corrected chi connectivity index (χ3v) is 8.16. The van der Waals surface area contributed by atoms with E-state index in [0.717, 1.165) is 43.4 Å². The molecule has 9 heteroatoms. The molecule has 2 aliphatic heterocycles. The van der Waals surface area contributed by atoms with Gasteiger partial charge in [-0.25, -0.2) is 8.42 Å². The van der Waals surface area contributed by atoms with Gasteiger partial charge in [0.1, 0.15) is 9.77 Å². The summed E-state index contributed by atoms with van der Waals surface area (Å²) in [5.41, 5.74) is 0. The molecule has 2 fully saturated rings. The van der Waals surface area contributed by atoms with Gasteiger partial charge in [0, 0.05) is 32.7 Å². The molecule has 0 aromatic carbocycles. The highest BCUT2D eigenvalue weighted by Crippen LogP contribution is 2.29. The molecule has 3 heterocycles. The number of hydrogen-bond acceptors (Lipinski definition) is 5. The van der Waals surface area contributed by atoms with Crippen LogP contribution in [0.1, 0.15) is 48.7 Å². The van der Waals surface area contributed by atoms with Crippen molar-refractivity contribution in [1.29, 1.82) is 0 Å². The maximum absolute atomic E-state index is 13.1. The van der Waals surface area contributed by atoms with E-state index in [1.807, 2.05) is 6.92 Å². The molecule has 1 aromatic heterocycles. The van der Waals surface area contributed by atoms with Crippen LogP contribution in [0.4, 0.5) is 0 Å². The van der Waals surface area contributed by atoms with E-state index in [9.17, 15) is 18.0 Å². The molecule has 1 aromatic rings. The van der Waals surface area contributed by atoms with Crippen LogP contribution in [-0.4, -0.2) is 62.2 Å². The second kappa shape index (κ2) is 8.70. The first-order valence-corrected chi connectivity index (χ1v) is 11.9. The molecule has 2 aliphatic rings. The van der Waals surface area contributed by atoms with E-state index in [0.29, 0.717) is 32.7 Å². The quantitative estimate of drug-likeness (QED) is 0.799. The number of carbonyl (C=O) groups excluding carboxylic acids is 2. The van der Waals surface area contributed by atoms with E-state index in [1.165, 1.54) is 10.4 Å². The maximum Gasteiger partial charge on any atom is 0.265 e.